The zero-order chi connectivity index (χ0) is 21.5. The van der Waals surface area contributed by atoms with Gasteiger partial charge in [-0.05, 0) is 18.2 Å². The predicted molar refractivity (Wildman–Crippen MR) is 98.3 cm³/mol. The van der Waals surface area contributed by atoms with Crippen LogP contribution in [0.25, 0.3) is 5.52 Å². The Morgan fingerprint density at radius 3 is 2.70 bits per heavy atom. The van der Waals surface area contributed by atoms with Crippen molar-refractivity contribution in [3.05, 3.63) is 65.2 Å². The van der Waals surface area contributed by atoms with Gasteiger partial charge in [-0.3, -0.25) is 9.20 Å². The number of pyridine rings is 1. The second-order valence-corrected chi connectivity index (χ2v) is 6.78. The number of halogens is 4. The van der Waals surface area contributed by atoms with Gasteiger partial charge in [0.2, 0.25) is 5.82 Å². The van der Waals surface area contributed by atoms with Crippen molar-refractivity contribution in [2.24, 2.45) is 0 Å². The summed E-state index contributed by atoms with van der Waals surface area (Å²) < 4.78 is 49.5. The van der Waals surface area contributed by atoms with Crippen LogP contribution in [0.5, 0.6) is 5.75 Å². The fourth-order valence-electron chi connectivity index (χ4n) is 3.18. The highest BCUT2D eigenvalue weighted by Gasteiger charge is 2.45. The van der Waals surface area contributed by atoms with Crippen LogP contribution in [0.2, 0.25) is 5.15 Å². The van der Waals surface area contributed by atoms with E-state index in [4.69, 9.17) is 16.3 Å². The minimum absolute atomic E-state index is 0.0690. The molecule has 0 bridgehead atoms. The lowest BCUT2D eigenvalue weighted by Gasteiger charge is -2.33. The van der Waals surface area contributed by atoms with Crippen LogP contribution in [0.15, 0.2) is 48.7 Å². The van der Waals surface area contributed by atoms with E-state index in [0.717, 1.165) is 0 Å². The van der Waals surface area contributed by atoms with E-state index in [1.165, 1.54) is 4.40 Å². The van der Waals surface area contributed by atoms with Gasteiger partial charge in [-0.1, -0.05) is 35.9 Å². The molecule has 7 nitrogen and oxygen atoms in total. The fourth-order valence-corrected chi connectivity index (χ4v) is 3.41. The second kappa shape index (κ2) is 7.52. The van der Waals surface area contributed by atoms with Gasteiger partial charge in [0.1, 0.15) is 12.4 Å². The molecule has 2 aromatic heterocycles. The van der Waals surface area contributed by atoms with Gasteiger partial charge in [0.25, 0.3) is 5.91 Å². The third-order valence-corrected chi connectivity index (χ3v) is 4.79. The standard InChI is InChI=1S/C19H13ClF3N3O4/c20-15-11-6-3-4-8-26(11)16(25-15)17(27)24-14-10-5-1-2-7-12(10)29-9-13(14)30-18(28)19(21,22)23/h1-8,13-14H,9H2,(H,24,27). The molecule has 4 rings (SSSR count). The maximum Gasteiger partial charge on any atom is 0.490 e. The molecule has 2 unspecified atom stereocenters. The molecule has 1 N–H and O–H groups in total. The number of rotatable bonds is 3. The van der Waals surface area contributed by atoms with E-state index in [-0.39, 0.29) is 17.6 Å². The minimum atomic E-state index is -5.18. The number of imidazole rings is 1. The number of amides is 1. The Bertz CT molecular complexity index is 1130. The van der Waals surface area contributed by atoms with Crippen molar-refractivity contribution in [2.45, 2.75) is 18.3 Å². The fraction of sp³-hybridized carbons (Fsp3) is 0.211. The monoisotopic (exact) mass is 439 g/mol. The van der Waals surface area contributed by atoms with Gasteiger partial charge in [-0.2, -0.15) is 13.2 Å². The van der Waals surface area contributed by atoms with Crippen molar-refractivity contribution >= 4 is 29.0 Å². The molecule has 30 heavy (non-hydrogen) atoms. The van der Waals surface area contributed by atoms with Crippen LogP contribution in [0.3, 0.4) is 0 Å². The number of aromatic nitrogens is 2. The average Bonchev–Trinajstić information content (AvgIpc) is 3.06. The highest BCUT2D eigenvalue weighted by atomic mass is 35.5. The molecule has 156 valence electrons. The number of hydrogen-bond acceptors (Lipinski definition) is 5. The number of para-hydroxylation sites is 1. The first-order valence-corrected chi connectivity index (χ1v) is 9.06. The Morgan fingerprint density at radius 1 is 1.20 bits per heavy atom. The van der Waals surface area contributed by atoms with Gasteiger partial charge in [-0.15, -0.1) is 0 Å². The summed E-state index contributed by atoms with van der Waals surface area (Å²) in [6.07, 6.45) is -5.01. The van der Waals surface area contributed by atoms with Gasteiger partial charge >= 0.3 is 12.1 Å². The van der Waals surface area contributed by atoms with Crippen LogP contribution >= 0.6 is 11.6 Å². The van der Waals surface area contributed by atoms with Gasteiger partial charge in [0, 0.05) is 11.8 Å². The van der Waals surface area contributed by atoms with Crippen LogP contribution in [0, 0.1) is 0 Å². The van der Waals surface area contributed by atoms with Crippen molar-refractivity contribution in [2.75, 3.05) is 6.61 Å². The normalized spacial score (nSPS) is 18.4. The molecule has 0 fully saturated rings. The number of alkyl halides is 3. The average molecular weight is 440 g/mol. The number of hydrogen-bond donors (Lipinski definition) is 1. The molecule has 0 aliphatic carbocycles. The van der Waals surface area contributed by atoms with Gasteiger partial charge in [0.05, 0.1) is 11.6 Å². The van der Waals surface area contributed by atoms with Crippen molar-refractivity contribution in [1.82, 2.24) is 14.7 Å². The molecule has 2 atom stereocenters. The van der Waals surface area contributed by atoms with Crippen molar-refractivity contribution in [1.29, 1.82) is 0 Å². The zero-order valence-electron chi connectivity index (χ0n) is 15.0. The molecule has 1 aliphatic heterocycles. The maximum absolute atomic E-state index is 12.9. The predicted octanol–water partition coefficient (Wildman–Crippen LogP) is 3.33. The molecule has 0 spiro atoms. The third-order valence-electron chi connectivity index (χ3n) is 4.51. The lowest BCUT2D eigenvalue weighted by atomic mass is 9.98. The lowest BCUT2D eigenvalue weighted by Crippen LogP contribution is -2.46. The first kappa shape index (κ1) is 20.0. The van der Waals surface area contributed by atoms with E-state index in [2.05, 4.69) is 15.0 Å². The molecule has 3 aromatic rings. The van der Waals surface area contributed by atoms with E-state index < -0.39 is 30.2 Å². The van der Waals surface area contributed by atoms with E-state index >= 15 is 0 Å². The number of nitrogens with one attached hydrogen (secondary N) is 1. The third kappa shape index (κ3) is 3.65. The molecule has 3 heterocycles. The van der Waals surface area contributed by atoms with E-state index in [1.807, 2.05) is 0 Å². The topological polar surface area (TPSA) is 81.9 Å². The molecule has 1 aromatic carbocycles. The Hall–Kier alpha value is -3.27. The summed E-state index contributed by atoms with van der Waals surface area (Å²) in [7, 11) is 0. The van der Waals surface area contributed by atoms with Crippen LogP contribution < -0.4 is 10.1 Å². The number of fused-ring (bicyclic) bond motifs is 2. The van der Waals surface area contributed by atoms with Gasteiger partial charge in [0.15, 0.2) is 11.3 Å². The van der Waals surface area contributed by atoms with Crippen LogP contribution in [0.4, 0.5) is 13.2 Å². The summed E-state index contributed by atoms with van der Waals surface area (Å²) in [4.78, 5) is 28.3. The first-order chi connectivity index (χ1) is 14.3. The van der Waals surface area contributed by atoms with Gasteiger partial charge in [-0.25, -0.2) is 9.78 Å². The zero-order valence-corrected chi connectivity index (χ0v) is 15.8. The van der Waals surface area contributed by atoms with Crippen molar-refractivity contribution in [3.63, 3.8) is 0 Å². The summed E-state index contributed by atoms with van der Waals surface area (Å²) in [5, 5.41) is 2.69. The number of benzene rings is 1. The molecule has 0 saturated heterocycles. The van der Waals surface area contributed by atoms with Crippen molar-refractivity contribution in [3.8, 4) is 5.75 Å². The van der Waals surface area contributed by atoms with Crippen LogP contribution in [-0.4, -0.2) is 40.1 Å². The quantitative estimate of drug-likeness (QED) is 0.633. The summed E-state index contributed by atoms with van der Waals surface area (Å²) in [6.45, 7) is -0.368. The Kier molecular flexibility index (Phi) is 5.02. The number of ether oxygens (including phenoxy) is 2. The molecule has 11 heteroatoms. The van der Waals surface area contributed by atoms with Crippen molar-refractivity contribution < 1.29 is 32.2 Å². The van der Waals surface area contributed by atoms with E-state index in [9.17, 15) is 22.8 Å². The number of carbonyl (C=O) groups is 2. The summed E-state index contributed by atoms with van der Waals surface area (Å²) in [5.74, 6) is -2.80. The first-order valence-electron chi connectivity index (χ1n) is 8.68. The number of nitrogens with zero attached hydrogens (tertiary/aromatic N) is 2. The van der Waals surface area contributed by atoms with Crippen LogP contribution in [-0.2, 0) is 9.53 Å². The highest BCUT2D eigenvalue weighted by Crippen LogP contribution is 2.34. The van der Waals surface area contributed by atoms with E-state index in [0.29, 0.717) is 16.8 Å². The second-order valence-electron chi connectivity index (χ2n) is 6.42. The largest absolute Gasteiger partial charge is 0.490 e. The highest BCUT2D eigenvalue weighted by molar-refractivity contribution is 6.33. The Morgan fingerprint density at radius 2 is 1.93 bits per heavy atom. The molecule has 0 saturated carbocycles. The smallest absolute Gasteiger partial charge is 0.489 e. The Labute approximate surface area is 172 Å². The summed E-state index contributed by atoms with van der Waals surface area (Å²) >= 11 is 6.07. The molecule has 1 amide bonds. The summed E-state index contributed by atoms with van der Waals surface area (Å²) in [5.41, 5.74) is 0.848. The molecule has 1 aliphatic rings. The molecular formula is C19H13ClF3N3O4. The summed E-state index contributed by atoms with van der Waals surface area (Å²) in [6, 6.07) is 10.4. The maximum atomic E-state index is 12.9. The molecular weight excluding hydrogens is 427 g/mol. The van der Waals surface area contributed by atoms with Gasteiger partial charge < -0.3 is 14.8 Å². The Balaban J connectivity index is 1.67. The number of esters is 1. The molecule has 0 radical (unpaired) electrons. The minimum Gasteiger partial charge on any atom is -0.489 e. The SMILES string of the molecule is O=C(NC1c2ccccc2OCC1OC(=O)C(F)(F)F)c1nc(Cl)c2ccccn12. The van der Waals surface area contributed by atoms with Crippen LogP contribution in [0.1, 0.15) is 22.2 Å². The van der Waals surface area contributed by atoms with E-state index in [1.54, 1.807) is 48.7 Å². The lowest BCUT2D eigenvalue weighted by molar-refractivity contribution is -0.208. The number of carbonyl (C=O) groups excluding carboxylic acids is 2.